The van der Waals surface area contributed by atoms with Gasteiger partial charge >= 0.3 is 0 Å². The van der Waals surface area contributed by atoms with E-state index in [1.807, 2.05) is 11.8 Å². The zero-order valence-corrected chi connectivity index (χ0v) is 18.1. The summed E-state index contributed by atoms with van der Waals surface area (Å²) < 4.78 is 26.4. The van der Waals surface area contributed by atoms with E-state index < -0.39 is 16.1 Å². The highest BCUT2D eigenvalue weighted by atomic mass is 32.2. The standard InChI is InChI=1S/C22H34N2O3S/c1-3-17-28(26,27)24-14-4-5-21(24)22(25)23-15-12-20(13-16-23)11-10-19-8-6-18(2)7-9-19/h6-9,20-21H,3-5,10-17H2,1-2H3. The number of nitrogens with zero attached hydrogens (tertiary/aromatic N) is 2. The zero-order valence-electron chi connectivity index (χ0n) is 17.3. The average molecular weight is 407 g/mol. The summed E-state index contributed by atoms with van der Waals surface area (Å²) in [6.07, 6.45) is 6.32. The number of rotatable bonds is 7. The van der Waals surface area contributed by atoms with Crippen LogP contribution in [0.3, 0.4) is 0 Å². The van der Waals surface area contributed by atoms with E-state index in [0.29, 0.717) is 25.3 Å². The molecule has 0 bridgehead atoms. The summed E-state index contributed by atoms with van der Waals surface area (Å²) in [6.45, 7) is 5.98. The molecule has 28 heavy (non-hydrogen) atoms. The van der Waals surface area contributed by atoms with Crippen LogP contribution in [0.4, 0.5) is 0 Å². The Hall–Kier alpha value is -1.40. The lowest BCUT2D eigenvalue weighted by Gasteiger charge is -2.35. The molecule has 2 aliphatic heterocycles. The van der Waals surface area contributed by atoms with Crippen LogP contribution in [0.1, 0.15) is 56.6 Å². The first-order valence-electron chi connectivity index (χ1n) is 10.7. The maximum atomic E-state index is 13.0. The van der Waals surface area contributed by atoms with Gasteiger partial charge in [-0.15, -0.1) is 0 Å². The molecule has 1 aromatic carbocycles. The lowest BCUT2D eigenvalue weighted by Crippen LogP contribution is -2.50. The molecule has 0 saturated carbocycles. The van der Waals surface area contributed by atoms with Crippen LogP contribution in [0.2, 0.25) is 0 Å². The minimum atomic E-state index is -3.31. The molecule has 5 nitrogen and oxygen atoms in total. The minimum absolute atomic E-state index is 0.0224. The van der Waals surface area contributed by atoms with Gasteiger partial charge < -0.3 is 4.90 Å². The Kier molecular flexibility index (Phi) is 7.15. The van der Waals surface area contributed by atoms with Gasteiger partial charge in [-0.3, -0.25) is 4.79 Å². The number of carbonyl (C=O) groups excluding carboxylic acids is 1. The van der Waals surface area contributed by atoms with Gasteiger partial charge in [-0.25, -0.2) is 8.42 Å². The smallest absolute Gasteiger partial charge is 0.241 e. The topological polar surface area (TPSA) is 57.7 Å². The molecule has 1 amide bonds. The number of aryl methyl sites for hydroxylation is 2. The number of hydrogen-bond donors (Lipinski definition) is 0. The molecule has 0 aliphatic carbocycles. The summed E-state index contributed by atoms with van der Waals surface area (Å²) in [4.78, 5) is 14.9. The highest BCUT2D eigenvalue weighted by Crippen LogP contribution is 2.27. The van der Waals surface area contributed by atoms with Gasteiger partial charge in [0.1, 0.15) is 6.04 Å². The Bertz CT molecular complexity index is 752. The zero-order chi connectivity index (χ0) is 20.1. The molecule has 2 fully saturated rings. The molecular formula is C22H34N2O3S. The van der Waals surface area contributed by atoms with E-state index in [2.05, 4.69) is 31.2 Å². The monoisotopic (exact) mass is 406 g/mol. The molecule has 0 aromatic heterocycles. The van der Waals surface area contributed by atoms with E-state index in [0.717, 1.165) is 45.2 Å². The summed E-state index contributed by atoms with van der Waals surface area (Å²) in [5.41, 5.74) is 2.67. The van der Waals surface area contributed by atoms with Crippen molar-refractivity contribution in [2.45, 2.75) is 64.8 Å². The predicted molar refractivity (Wildman–Crippen MR) is 113 cm³/mol. The van der Waals surface area contributed by atoms with Crippen molar-refractivity contribution in [2.75, 3.05) is 25.4 Å². The normalized spacial score (nSPS) is 21.9. The Morgan fingerprint density at radius 1 is 1.07 bits per heavy atom. The first kappa shape index (κ1) is 21.3. The van der Waals surface area contributed by atoms with Gasteiger partial charge in [0.25, 0.3) is 0 Å². The van der Waals surface area contributed by atoms with E-state index in [1.54, 1.807) is 0 Å². The SMILES string of the molecule is CCCS(=O)(=O)N1CCCC1C(=O)N1CCC(CCc2ccc(C)cc2)CC1. The van der Waals surface area contributed by atoms with Gasteiger partial charge in [-0.05, 0) is 63.4 Å². The summed E-state index contributed by atoms with van der Waals surface area (Å²) in [6, 6.07) is 8.27. The van der Waals surface area contributed by atoms with Gasteiger partial charge in [-0.1, -0.05) is 36.8 Å². The fourth-order valence-electron chi connectivity index (χ4n) is 4.47. The molecule has 0 radical (unpaired) electrons. The molecule has 2 saturated heterocycles. The van der Waals surface area contributed by atoms with Crippen LogP contribution in [0.15, 0.2) is 24.3 Å². The Morgan fingerprint density at radius 3 is 2.39 bits per heavy atom. The summed E-state index contributed by atoms with van der Waals surface area (Å²) in [5, 5.41) is 0. The molecule has 1 atom stereocenters. The third-order valence-corrected chi connectivity index (χ3v) is 8.27. The molecule has 0 spiro atoms. The maximum absolute atomic E-state index is 13.0. The van der Waals surface area contributed by atoms with E-state index in [1.165, 1.54) is 15.4 Å². The number of carbonyl (C=O) groups is 1. The first-order valence-corrected chi connectivity index (χ1v) is 12.4. The number of amides is 1. The van der Waals surface area contributed by atoms with Crippen LogP contribution in [-0.2, 0) is 21.2 Å². The van der Waals surface area contributed by atoms with Gasteiger partial charge in [0.2, 0.25) is 15.9 Å². The van der Waals surface area contributed by atoms with Gasteiger partial charge in [0, 0.05) is 19.6 Å². The van der Waals surface area contributed by atoms with Gasteiger partial charge in [-0.2, -0.15) is 4.31 Å². The third kappa shape index (κ3) is 5.15. The molecule has 6 heteroatoms. The number of sulfonamides is 1. The number of benzene rings is 1. The van der Waals surface area contributed by atoms with Crippen LogP contribution in [0.5, 0.6) is 0 Å². The average Bonchev–Trinajstić information content (AvgIpc) is 3.18. The van der Waals surface area contributed by atoms with Crippen molar-refractivity contribution in [1.29, 1.82) is 0 Å². The van der Waals surface area contributed by atoms with E-state index in [4.69, 9.17) is 0 Å². The maximum Gasteiger partial charge on any atom is 0.241 e. The van der Waals surface area contributed by atoms with Crippen molar-refractivity contribution in [3.05, 3.63) is 35.4 Å². The van der Waals surface area contributed by atoms with Crippen molar-refractivity contribution >= 4 is 15.9 Å². The molecular weight excluding hydrogens is 372 g/mol. The predicted octanol–water partition coefficient (Wildman–Crippen LogP) is 3.37. The second kappa shape index (κ2) is 9.40. The first-order chi connectivity index (χ1) is 13.4. The lowest BCUT2D eigenvalue weighted by molar-refractivity contribution is -0.136. The molecule has 2 aliphatic rings. The van der Waals surface area contributed by atoms with Crippen molar-refractivity contribution in [2.24, 2.45) is 5.92 Å². The molecule has 2 heterocycles. The highest BCUT2D eigenvalue weighted by molar-refractivity contribution is 7.89. The summed E-state index contributed by atoms with van der Waals surface area (Å²) in [7, 11) is -3.31. The molecule has 0 N–H and O–H groups in total. The molecule has 1 aromatic rings. The van der Waals surface area contributed by atoms with Crippen molar-refractivity contribution in [3.63, 3.8) is 0 Å². The Balaban J connectivity index is 1.50. The van der Waals surface area contributed by atoms with Crippen LogP contribution in [0.25, 0.3) is 0 Å². The number of hydrogen-bond acceptors (Lipinski definition) is 3. The second-order valence-electron chi connectivity index (χ2n) is 8.38. The fraction of sp³-hybridized carbons (Fsp3) is 0.682. The summed E-state index contributed by atoms with van der Waals surface area (Å²) >= 11 is 0. The van der Waals surface area contributed by atoms with E-state index in [9.17, 15) is 13.2 Å². The number of piperidine rings is 1. The molecule has 1 unspecified atom stereocenters. The quantitative estimate of drug-likeness (QED) is 0.698. The largest absolute Gasteiger partial charge is 0.341 e. The molecule has 3 rings (SSSR count). The third-order valence-electron chi connectivity index (χ3n) is 6.20. The number of likely N-dealkylation sites (tertiary alicyclic amines) is 1. The van der Waals surface area contributed by atoms with E-state index in [-0.39, 0.29) is 11.7 Å². The summed E-state index contributed by atoms with van der Waals surface area (Å²) in [5.74, 6) is 0.806. The van der Waals surface area contributed by atoms with E-state index >= 15 is 0 Å². The van der Waals surface area contributed by atoms with Crippen LogP contribution in [-0.4, -0.2) is 55.0 Å². The Labute approximate surface area is 170 Å². The van der Waals surface area contributed by atoms with Crippen molar-refractivity contribution < 1.29 is 13.2 Å². The second-order valence-corrected chi connectivity index (χ2v) is 10.4. The van der Waals surface area contributed by atoms with Crippen LogP contribution >= 0.6 is 0 Å². The van der Waals surface area contributed by atoms with Gasteiger partial charge in [0.15, 0.2) is 0 Å². The minimum Gasteiger partial charge on any atom is -0.341 e. The Morgan fingerprint density at radius 2 is 1.75 bits per heavy atom. The molecule has 156 valence electrons. The fourth-order valence-corrected chi connectivity index (χ4v) is 6.21. The van der Waals surface area contributed by atoms with Crippen LogP contribution in [0, 0.1) is 12.8 Å². The highest BCUT2D eigenvalue weighted by Gasteiger charge is 2.40. The van der Waals surface area contributed by atoms with Crippen molar-refractivity contribution in [3.8, 4) is 0 Å². The van der Waals surface area contributed by atoms with Crippen molar-refractivity contribution in [1.82, 2.24) is 9.21 Å². The van der Waals surface area contributed by atoms with Crippen LogP contribution < -0.4 is 0 Å². The lowest BCUT2D eigenvalue weighted by atomic mass is 9.90. The van der Waals surface area contributed by atoms with Gasteiger partial charge in [0.05, 0.1) is 5.75 Å².